The number of amides is 1. The molecule has 108 valence electrons. The molecule has 2 aromatic carbocycles. The zero-order chi connectivity index (χ0) is 15.4. The fourth-order valence-corrected chi connectivity index (χ4v) is 1.91. The summed E-state index contributed by atoms with van der Waals surface area (Å²) in [4.78, 5) is 22.4. The number of nitrogens with zero attached hydrogens (tertiary/aromatic N) is 1. The molecule has 0 saturated heterocycles. The van der Waals surface area contributed by atoms with Gasteiger partial charge in [-0.05, 0) is 24.3 Å². The third-order valence-corrected chi connectivity index (χ3v) is 2.96. The van der Waals surface area contributed by atoms with E-state index in [2.05, 4.69) is 5.32 Å². The van der Waals surface area contributed by atoms with E-state index in [-0.39, 0.29) is 11.3 Å². The van der Waals surface area contributed by atoms with E-state index in [9.17, 15) is 14.9 Å². The van der Waals surface area contributed by atoms with Crippen LogP contribution < -0.4 is 10.1 Å². The number of rotatable bonds is 4. The van der Waals surface area contributed by atoms with Crippen LogP contribution >= 0.6 is 11.6 Å². The van der Waals surface area contributed by atoms with Crippen LogP contribution in [0, 0.1) is 10.1 Å². The number of nitrogens with one attached hydrogen (secondary N) is 1. The van der Waals surface area contributed by atoms with E-state index in [0.29, 0.717) is 16.5 Å². The van der Waals surface area contributed by atoms with Crippen LogP contribution in [-0.2, 0) is 0 Å². The molecular formula is C14H11ClN2O4. The van der Waals surface area contributed by atoms with Gasteiger partial charge in [-0.2, -0.15) is 0 Å². The van der Waals surface area contributed by atoms with Crippen molar-refractivity contribution in [1.29, 1.82) is 0 Å². The van der Waals surface area contributed by atoms with Crippen LogP contribution in [0.5, 0.6) is 5.75 Å². The number of non-ortho nitro benzene ring substituents is 1. The first-order valence-electron chi connectivity index (χ1n) is 5.90. The summed E-state index contributed by atoms with van der Waals surface area (Å²) in [6.07, 6.45) is 0. The lowest BCUT2D eigenvalue weighted by Gasteiger charge is -2.09. The van der Waals surface area contributed by atoms with E-state index in [4.69, 9.17) is 16.3 Å². The molecule has 0 aliphatic rings. The standard InChI is InChI=1S/C14H11ClN2O4/c1-21-13-7-9(15)5-6-12(13)14(18)16-10-3-2-4-11(8-10)17(19)20/h2-8H,1H3,(H,16,18). The molecule has 0 radical (unpaired) electrons. The Bertz CT molecular complexity index is 703. The minimum atomic E-state index is -0.529. The summed E-state index contributed by atoms with van der Waals surface area (Å²) in [6, 6.07) is 10.3. The van der Waals surface area contributed by atoms with Crippen molar-refractivity contribution >= 4 is 28.9 Å². The monoisotopic (exact) mass is 306 g/mol. The number of benzene rings is 2. The van der Waals surface area contributed by atoms with Crippen LogP contribution in [-0.4, -0.2) is 17.9 Å². The van der Waals surface area contributed by atoms with Gasteiger partial charge >= 0.3 is 0 Å². The van der Waals surface area contributed by atoms with Crippen molar-refractivity contribution in [1.82, 2.24) is 0 Å². The van der Waals surface area contributed by atoms with E-state index < -0.39 is 10.8 Å². The van der Waals surface area contributed by atoms with Crippen LogP contribution in [0.1, 0.15) is 10.4 Å². The minimum Gasteiger partial charge on any atom is -0.496 e. The quantitative estimate of drug-likeness (QED) is 0.692. The second kappa shape index (κ2) is 6.23. The molecule has 2 rings (SSSR count). The van der Waals surface area contributed by atoms with Gasteiger partial charge in [-0.25, -0.2) is 0 Å². The Labute approximate surface area is 125 Å². The Morgan fingerprint density at radius 3 is 2.71 bits per heavy atom. The van der Waals surface area contributed by atoms with Crippen molar-refractivity contribution in [2.75, 3.05) is 12.4 Å². The summed E-state index contributed by atoms with van der Waals surface area (Å²) in [6.45, 7) is 0. The topological polar surface area (TPSA) is 81.5 Å². The second-order valence-electron chi connectivity index (χ2n) is 4.11. The lowest BCUT2D eigenvalue weighted by atomic mass is 10.1. The average molecular weight is 307 g/mol. The van der Waals surface area contributed by atoms with E-state index in [1.807, 2.05) is 0 Å². The predicted octanol–water partition coefficient (Wildman–Crippen LogP) is 3.51. The molecule has 0 heterocycles. The number of carbonyl (C=O) groups excluding carboxylic acids is 1. The number of nitro groups is 1. The van der Waals surface area contributed by atoms with Crippen molar-refractivity contribution in [2.45, 2.75) is 0 Å². The molecule has 2 aromatic rings. The molecule has 6 nitrogen and oxygen atoms in total. The number of ether oxygens (including phenoxy) is 1. The van der Waals surface area contributed by atoms with Crippen molar-refractivity contribution in [3.8, 4) is 5.75 Å². The highest BCUT2D eigenvalue weighted by Crippen LogP contribution is 2.25. The van der Waals surface area contributed by atoms with Gasteiger partial charge in [0.2, 0.25) is 0 Å². The molecule has 21 heavy (non-hydrogen) atoms. The Balaban J connectivity index is 2.26. The molecule has 0 aliphatic heterocycles. The Morgan fingerprint density at radius 1 is 1.29 bits per heavy atom. The van der Waals surface area contributed by atoms with Gasteiger partial charge < -0.3 is 10.1 Å². The summed E-state index contributed by atoms with van der Waals surface area (Å²) < 4.78 is 5.09. The highest BCUT2D eigenvalue weighted by atomic mass is 35.5. The summed E-state index contributed by atoms with van der Waals surface area (Å²) in [5, 5.41) is 13.7. The predicted molar refractivity (Wildman–Crippen MR) is 79.1 cm³/mol. The van der Waals surface area contributed by atoms with E-state index in [1.165, 1.54) is 37.4 Å². The average Bonchev–Trinajstić information content (AvgIpc) is 2.47. The number of nitro benzene ring substituents is 1. The molecule has 1 N–H and O–H groups in total. The Hall–Kier alpha value is -2.60. The number of anilines is 1. The number of halogens is 1. The van der Waals surface area contributed by atoms with Crippen LogP contribution in [0.2, 0.25) is 5.02 Å². The van der Waals surface area contributed by atoms with E-state index in [0.717, 1.165) is 0 Å². The zero-order valence-corrected chi connectivity index (χ0v) is 11.8. The van der Waals surface area contributed by atoms with Crippen LogP contribution in [0.3, 0.4) is 0 Å². The minimum absolute atomic E-state index is 0.101. The fourth-order valence-electron chi connectivity index (χ4n) is 1.75. The van der Waals surface area contributed by atoms with Gasteiger partial charge in [0.25, 0.3) is 11.6 Å². The molecule has 0 spiro atoms. The molecule has 0 aromatic heterocycles. The molecule has 0 saturated carbocycles. The molecular weight excluding hydrogens is 296 g/mol. The van der Waals surface area contributed by atoms with Crippen LogP contribution in [0.25, 0.3) is 0 Å². The number of carbonyl (C=O) groups is 1. The lowest BCUT2D eigenvalue weighted by Crippen LogP contribution is -2.13. The summed E-state index contributed by atoms with van der Waals surface area (Å²) in [5.41, 5.74) is 0.510. The third kappa shape index (κ3) is 3.49. The molecule has 0 atom stereocenters. The Kier molecular flexibility index (Phi) is 4.39. The molecule has 1 amide bonds. The van der Waals surface area contributed by atoms with Gasteiger partial charge in [0, 0.05) is 22.8 Å². The lowest BCUT2D eigenvalue weighted by molar-refractivity contribution is -0.384. The van der Waals surface area contributed by atoms with Crippen molar-refractivity contribution in [3.63, 3.8) is 0 Å². The molecule has 0 unspecified atom stereocenters. The number of hydrogen-bond donors (Lipinski definition) is 1. The number of hydrogen-bond acceptors (Lipinski definition) is 4. The third-order valence-electron chi connectivity index (χ3n) is 2.72. The maximum absolute atomic E-state index is 12.2. The fraction of sp³-hybridized carbons (Fsp3) is 0.0714. The smallest absolute Gasteiger partial charge is 0.271 e. The first-order valence-corrected chi connectivity index (χ1v) is 6.28. The van der Waals surface area contributed by atoms with Crippen LogP contribution in [0.15, 0.2) is 42.5 Å². The maximum atomic E-state index is 12.2. The van der Waals surface area contributed by atoms with Crippen molar-refractivity contribution < 1.29 is 14.5 Å². The highest BCUT2D eigenvalue weighted by Gasteiger charge is 2.14. The first-order chi connectivity index (χ1) is 10.0. The number of methoxy groups -OCH3 is 1. The SMILES string of the molecule is COc1cc(Cl)ccc1C(=O)Nc1cccc([N+](=O)[O-])c1. The highest BCUT2D eigenvalue weighted by molar-refractivity contribution is 6.31. The van der Waals surface area contributed by atoms with Gasteiger partial charge in [0.05, 0.1) is 17.6 Å². The molecule has 0 aliphatic carbocycles. The van der Waals surface area contributed by atoms with Gasteiger partial charge in [0.15, 0.2) is 0 Å². The van der Waals surface area contributed by atoms with Gasteiger partial charge in [0.1, 0.15) is 5.75 Å². The summed E-state index contributed by atoms with van der Waals surface area (Å²) in [5.74, 6) is -0.116. The van der Waals surface area contributed by atoms with Crippen molar-refractivity contribution in [3.05, 3.63) is 63.2 Å². The van der Waals surface area contributed by atoms with Gasteiger partial charge in [-0.3, -0.25) is 14.9 Å². The molecule has 0 fully saturated rings. The van der Waals surface area contributed by atoms with Gasteiger partial charge in [-0.1, -0.05) is 17.7 Å². The molecule has 0 bridgehead atoms. The molecule has 7 heteroatoms. The normalized spacial score (nSPS) is 10.0. The van der Waals surface area contributed by atoms with Crippen LogP contribution in [0.4, 0.5) is 11.4 Å². The summed E-state index contributed by atoms with van der Waals surface area (Å²) in [7, 11) is 1.43. The maximum Gasteiger partial charge on any atom is 0.271 e. The Morgan fingerprint density at radius 2 is 2.05 bits per heavy atom. The van der Waals surface area contributed by atoms with Gasteiger partial charge in [-0.15, -0.1) is 0 Å². The summed E-state index contributed by atoms with van der Waals surface area (Å²) >= 11 is 5.83. The van der Waals surface area contributed by atoms with E-state index in [1.54, 1.807) is 12.1 Å². The zero-order valence-electron chi connectivity index (χ0n) is 11.0. The van der Waals surface area contributed by atoms with E-state index >= 15 is 0 Å². The first kappa shape index (κ1) is 14.8. The van der Waals surface area contributed by atoms with Crippen molar-refractivity contribution in [2.24, 2.45) is 0 Å². The largest absolute Gasteiger partial charge is 0.496 e. The second-order valence-corrected chi connectivity index (χ2v) is 4.54.